The molecule has 0 radical (unpaired) electrons. The van der Waals surface area contributed by atoms with Crippen LogP contribution in [-0.4, -0.2) is 39.1 Å². The van der Waals surface area contributed by atoms with E-state index in [4.69, 9.17) is 0 Å². The number of aromatic nitrogens is 2. The third-order valence-corrected chi connectivity index (χ3v) is 6.44. The minimum Gasteiger partial charge on any atom is -0.481 e. The van der Waals surface area contributed by atoms with Gasteiger partial charge in [0.1, 0.15) is 15.5 Å². The number of piperidine rings is 1. The van der Waals surface area contributed by atoms with Gasteiger partial charge in [-0.05, 0) is 24.5 Å². The van der Waals surface area contributed by atoms with Crippen molar-refractivity contribution in [2.24, 2.45) is 5.92 Å². The predicted octanol–water partition coefficient (Wildman–Crippen LogP) is 4.53. The van der Waals surface area contributed by atoms with E-state index in [1.54, 1.807) is 11.0 Å². The quantitative estimate of drug-likeness (QED) is 0.389. The van der Waals surface area contributed by atoms with Crippen molar-refractivity contribution in [3.63, 3.8) is 0 Å². The van der Waals surface area contributed by atoms with Crippen molar-refractivity contribution in [1.29, 1.82) is 0 Å². The molecular formula is C20H18F3N5O4S. The molecule has 0 aliphatic carbocycles. The van der Waals surface area contributed by atoms with Crippen LogP contribution in [0.2, 0.25) is 0 Å². The summed E-state index contributed by atoms with van der Waals surface area (Å²) < 4.78 is 39.9. The summed E-state index contributed by atoms with van der Waals surface area (Å²) in [4.78, 5) is 31.5. The van der Waals surface area contributed by atoms with Gasteiger partial charge in [0.25, 0.3) is 5.69 Å². The van der Waals surface area contributed by atoms with Gasteiger partial charge < -0.3 is 15.3 Å². The molecule has 3 aromatic rings. The second-order valence-electron chi connectivity index (χ2n) is 7.58. The standard InChI is InChI=1S/C20H18F3N5O4S/c21-20(22,23)15-9-14-16(24-10-11-2-1-3-13(8-11)28(31)32)25-19(26-17(14)33-15)27-6-4-12(5-7-27)18(29)30/h1-3,8-9,12H,4-7,10H2,(H,29,30)(H,24,25,26). The molecule has 9 nitrogen and oxygen atoms in total. The van der Waals surface area contributed by atoms with Crippen LogP contribution in [0.1, 0.15) is 23.3 Å². The van der Waals surface area contributed by atoms with Crippen LogP contribution in [0.4, 0.5) is 30.6 Å². The number of nitro groups is 1. The Kier molecular flexibility index (Phi) is 6.06. The molecule has 13 heteroatoms. The fraction of sp³-hybridized carbons (Fsp3) is 0.350. The molecule has 2 N–H and O–H groups in total. The van der Waals surface area contributed by atoms with Crippen LogP contribution in [0.3, 0.4) is 0 Å². The normalized spacial score (nSPS) is 15.1. The average molecular weight is 481 g/mol. The zero-order valence-corrected chi connectivity index (χ0v) is 17.8. The van der Waals surface area contributed by atoms with E-state index in [9.17, 15) is 33.2 Å². The smallest absolute Gasteiger partial charge is 0.425 e. The van der Waals surface area contributed by atoms with E-state index in [0.29, 0.717) is 42.8 Å². The Labute approximate surface area is 189 Å². The van der Waals surface area contributed by atoms with Gasteiger partial charge in [0.2, 0.25) is 5.95 Å². The summed E-state index contributed by atoms with van der Waals surface area (Å²) in [6.45, 7) is 0.833. The number of benzene rings is 1. The van der Waals surface area contributed by atoms with E-state index >= 15 is 0 Å². The Hall–Kier alpha value is -3.48. The number of non-ortho nitro benzene ring substituents is 1. The summed E-state index contributed by atoms with van der Waals surface area (Å²) in [5.74, 6) is -0.967. The summed E-state index contributed by atoms with van der Waals surface area (Å²) in [5, 5.41) is 23.4. The summed E-state index contributed by atoms with van der Waals surface area (Å²) in [6, 6.07) is 6.88. The number of carbonyl (C=O) groups is 1. The third-order valence-electron chi connectivity index (χ3n) is 5.37. The number of fused-ring (bicyclic) bond motifs is 1. The van der Waals surface area contributed by atoms with Gasteiger partial charge in [-0.3, -0.25) is 14.9 Å². The topological polar surface area (TPSA) is 121 Å². The number of hydrogen-bond donors (Lipinski definition) is 2. The van der Waals surface area contributed by atoms with Crippen LogP contribution in [0.25, 0.3) is 10.2 Å². The number of thiophene rings is 1. The van der Waals surface area contributed by atoms with Crippen LogP contribution in [0.15, 0.2) is 30.3 Å². The highest BCUT2D eigenvalue weighted by molar-refractivity contribution is 7.18. The fourth-order valence-electron chi connectivity index (χ4n) is 3.62. The molecular weight excluding hydrogens is 463 g/mol. The first kappa shape index (κ1) is 22.7. The van der Waals surface area contributed by atoms with Crippen molar-refractivity contribution in [3.05, 3.63) is 50.9 Å². The Morgan fingerprint density at radius 3 is 2.64 bits per heavy atom. The van der Waals surface area contributed by atoms with Gasteiger partial charge in [-0.2, -0.15) is 18.2 Å². The van der Waals surface area contributed by atoms with E-state index in [0.717, 1.165) is 6.07 Å². The molecule has 33 heavy (non-hydrogen) atoms. The Morgan fingerprint density at radius 2 is 2.00 bits per heavy atom. The number of anilines is 2. The van der Waals surface area contributed by atoms with Gasteiger partial charge >= 0.3 is 12.1 Å². The van der Waals surface area contributed by atoms with Crippen molar-refractivity contribution in [3.8, 4) is 0 Å². The number of aliphatic carboxylic acids is 1. The van der Waals surface area contributed by atoms with Crippen molar-refractivity contribution in [1.82, 2.24) is 9.97 Å². The first-order valence-corrected chi connectivity index (χ1v) is 10.8. The molecule has 174 valence electrons. The van der Waals surface area contributed by atoms with Gasteiger partial charge in [0.05, 0.1) is 16.2 Å². The lowest BCUT2D eigenvalue weighted by molar-refractivity contribution is -0.384. The molecule has 0 unspecified atom stereocenters. The Morgan fingerprint density at radius 1 is 1.27 bits per heavy atom. The number of nitro benzene ring substituents is 1. The Bertz CT molecular complexity index is 1210. The zero-order valence-electron chi connectivity index (χ0n) is 17.0. The summed E-state index contributed by atoms with van der Waals surface area (Å²) in [6.07, 6.45) is -3.78. The van der Waals surface area contributed by atoms with Gasteiger partial charge in [0, 0.05) is 31.8 Å². The molecule has 1 saturated heterocycles. The van der Waals surface area contributed by atoms with Crippen LogP contribution >= 0.6 is 11.3 Å². The van der Waals surface area contributed by atoms with Crippen molar-refractivity contribution >= 4 is 45.0 Å². The maximum atomic E-state index is 13.3. The molecule has 0 bridgehead atoms. The largest absolute Gasteiger partial charge is 0.481 e. The first-order chi connectivity index (χ1) is 15.6. The maximum Gasteiger partial charge on any atom is 0.425 e. The molecule has 1 aliphatic rings. The number of carboxylic acid groups (broad SMARTS) is 1. The summed E-state index contributed by atoms with van der Waals surface area (Å²) in [5.41, 5.74) is 0.463. The maximum absolute atomic E-state index is 13.3. The molecule has 0 spiro atoms. The van der Waals surface area contributed by atoms with Gasteiger partial charge in [0.15, 0.2) is 0 Å². The van der Waals surface area contributed by atoms with E-state index in [1.807, 2.05) is 0 Å². The minimum absolute atomic E-state index is 0.0981. The van der Waals surface area contributed by atoms with E-state index < -0.39 is 27.9 Å². The summed E-state index contributed by atoms with van der Waals surface area (Å²) >= 11 is 0.504. The minimum atomic E-state index is -4.54. The monoisotopic (exact) mass is 481 g/mol. The van der Waals surface area contributed by atoms with Gasteiger partial charge in [-0.25, -0.2) is 4.98 Å². The van der Waals surface area contributed by atoms with Crippen LogP contribution in [0.5, 0.6) is 0 Å². The third kappa shape index (κ3) is 4.97. The number of rotatable bonds is 6. The highest BCUT2D eigenvalue weighted by Gasteiger charge is 2.34. The number of nitrogens with one attached hydrogen (secondary N) is 1. The zero-order chi connectivity index (χ0) is 23.8. The lowest BCUT2D eigenvalue weighted by atomic mass is 9.97. The van der Waals surface area contributed by atoms with Crippen molar-refractivity contribution < 1.29 is 28.0 Å². The Balaban J connectivity index is 1.66. The number of nitrogens with zero attached hydrogens (tertiary/aromatic N) is 4. The number of carboxylic acids is 1. The molecule has 1 aliphatic heterocycles. The summed E-state index contributed by atoms with van der Waals surface area (Å²) in [7, 11) is 0. The molecule has 1 fully saturated rings. The molecule has 0 saturated carbocycles. The number of hydrogen-bond acceptors (Lipinski definition) is 8. The molecule has 0 amide bonds. The lowest BCUT2D eigenvalue weighted by Crippen LogP contribution is -2.37. The highest BCUT2D eigenvalue weighted by atomic mass is 32.1. The first-order valence-electron chi connectivity index (χ1n) is 9.95. The molecule has 2 aromatic heterocycles. The predicted molar refractivity (Wildman–Crippen MR) is 115 cm³/mol. The van der Waals surface area contributed by atoms with Crippen molar-refractivity contribution in [2.75, 3.05) is 23.3 Å². The molecule has 3 heterocycles. The molecule has 1 aromatic carbocycles. The van der Waals surface area contributed by atoms with E-state index in [1.165, 1.54) is 18.2 Å². The second kappa shape index (κ2) is 8.81. The SMILES string of the molecule is O=C(O)C1CCN(c2nc(NCc3cccc([N+](=O)[O-])c3)c3cc(C(F)(F)F)sc3n2)CC1. The van der Waals surface area contributed by atoms with E-state index in [-0.39, 0.29) is 34.2 Å². The highest BCUT2D eigenvalue weighted by Crippen LogP contribution is 2.40. The van der Waals surface area contributed by atoms with Crippen LogP contribution in [0, 0.1) is 16.0 Å². The molecule has 0 atom stereocenters. The van der Waals surface area contributed by atoms with Gasteiger partial charge in [-0.1, -0.05) is 12.1 Å². The fourth-order valence-corrected chi connectivity index (χ4v) is 4.51. The van der Waals surface area contributed by atoms with Gasteiger partial charge in [-0.15, -0.1) is 11.3 Å². The second-order valence-corrected chi connectivity index (χ2v) is 8.61. The lowest BCUT2D eigenvalue weighted by Gasteiger charge is -2.30. The average Bonchev–Trinajstić information content (AvgIpc) is 3.23. The van der Waals surface area contributed by atoms with Crippen LogP contribution < -0.4 is 10.2 Å². The molecule has 4 rings (SSSR count). The number of alkyl halides is 3. The van der Waals surface area contributed by atoms with Crippen LogP contribution in [-0.2, 0) is 17.5 Å². The number of halogens is 3. The van der Waals surface area contributed by atoms with Crippen molar-refractivity contribution in [2.45, 2.75) is 25.6 Å². The van der Waals surface area contributed by atoms with E-state index in [2.05, 4.69) is 15.3 Å².